The maximum Gasteiger partial charge on any atom is 0.172 e. The quantitative estimate of drug-likeness (QED) is 0.843. The fraction of sp³-hybridized carbons (Fsp3) is 0.364. The highest BCUT2D eigenvalue weighted by Gasteiger charge is 2.14. The van der Waals surface area contributed by atoms with Crippen molar-refractivity contribution in [3.8, 4) is 5.82 Å². The number of nitrogen functional groups attached to an aromatic ring is 1. The lowest BCUT2D eigenvalue weighted by Gasteiger charge is -2.03. The molecule has 2 N–H and O–H groups in total. The summed E-state index contributed by atoms with van der Waals surface area (Å²) in [6, 6.07) is 0. The smallest absolute Gasteiger partial charge is 0.172 e. The van der Waals surface area contributed by atoms with Gasteiger partial charge < -0.3 is 5.73 Å². The summed E-state index contributed by atoms with van der Waals surface area (Å²) in [6.45, 7) is 4.10. The van der Waals surface area contributed by atoms with Gasteiger partial charge in [-0.3, -0.25) is 4.98 Å². The highest BCUT2D eigenvalue weighted by Crippen LogP contribution is 2.20. The molecule has 0 bridgehead atoms. The van der Waals surface area contributed by atoms with Gasteiger partial charge >= 0.3 is 0 Å². The number of hydrogen-bond acceptors (Lipinski definition) is 4. The number of hydrogen-bond donors (Lipinski definition) is 1. The van der Waals surface area contributed by atoms with Crippen molar-refractivity contribution in [1.29, 1.82) is 0 Å². The van der Waals surface area contributed by atoms with Crippen LogP contribution in [0.5, 0.6) is 0 Å². The van der Waals surface area contributed by atoms with Crippen LogP contribution in [0.3, 0.4) is 0 Å². The SMILES string of the molecule is CCc1nn(-c2cnccn2)c(CC)c1N. The average molecular weight is 217 g/mol. The Morgan fingerprint density at radius 2 is 2.06 bits per heavy atom. The van der Waals surface area contributed by atoms with Crippen LogP contribution in [0.2, 0.25) is 0 Å². The molecule has 84 valence electrons. The van der Waals surface area contributed by atoms with Crippen LogP contribution in [0.1, 0.15) is 25.2 Å². The Bertz CT molecular complexity index is 475. The van der Waals surface area contributed by atoms with Crippen LogP contribution in [0.4, 0.5) is 5.69 Å². The molecule has 0 aliphatic carbocycles. The van der Waals surface area contributed by atoms with Gasteiger partial charge in [0.25, 0.3) is 0 Å². The van der Waals surface area contributed by atoms with E-state index in [4.69, 9.17) is 5.73 Å². The van der Waals surface area contributed by atoms with E-state index < -0.39 is 0 Å². The number of aromatic nitrogens is 4. The van der Waals surface area contributed by atoms with E-state index in [9.17, 15) is 0 Å². The van der Waals surface area contributed by atoms with Crippen molar-refractivity contribution in [2.75, 3.05) is 5.73 Å². The van der Waals surface area contributed by atoms with Gasteiger partial charge in [0.15, 0.2) is 5.82 Å². The Balaban J connectivity index is 2.57. The zero-order valence-electron chi connectivity index (χ0n) is 9.51. The third-order valence-corrected chi connectivity index (χ3v) is 2.53. The van der Waals surface area contributed by atoms with E-state index in [0.717, 1.165) is 29.9 Å². The van der Waals surface area contributed by atoms with Crippen LogP contribution in [-0.4, -0.2) is 19.7 Å². The van der Waals surface area contributed by atoms with Crippen LogP contribution in [0.25, 0.3) is 5.82 Å². The van der Waals surface area contributed by atoms with E-state index >= 15 is 0 Å². The molecule has 5 nitrogen and oxygen atoms in total. The molecule has 0 atom stereocenters. The van der Waals surface area contributed by atoms with Gasteiger partial charge in [0.1, 0.15) is 0 Å². The van der Waals surface area contributed by atoms with Crippen LogP contribution in [-0.2, 0) is 12.8 Å². The average Bonchev–Trinajstić information content (AvgIpc) is 2.66. The number of nitrogens with two attached hydrogens (primary N) is 1. The zero-order chi connectivity index (χ0) is 11.5. The van der Waals surface area contributed by atoms with Crippen LogP contribution in [0.15, 0.2) is 18.6 Å². The van der Waals surface area contributed by atoms with E-state index in [1.165, 1.54) is 0 Å². The Hall–Kier alpha value is -1.91. The molecule has 2 aromatic heterocycles. The molecule has 2 aromatic rings. The molecule has 0 spiro atoms. The van der Waals surface area contributed by atoms with Gasteiger partial charge in [-0.05, 0) is 12.8 Å². The third kappa shape index (κ3) is 1.64. The topological polar surface area (TPSA) is 69.6 Å². The van der Waals surface area contributed by atoms with Crippen molar-refractivity contribution in [1.82, 2.24) is 19.7 Å². The zero-order valence-corrected chi connectivity index (χ0v) is 9.51. The molecule has 0 radical (unpaired) electrons. The predicted octanol–water partition coefficient (Wildman–Crippen LogP) is 1.37. The normalized spacial score (nSPS) is 10.6. The summed E-state index contributed by atoms with van der Waals surface area (Å²) in [4.78, 5) is 8.27. The van der Waals surface area contributed by atoms with Gasteiger partial charge in [-0.15, -0.1) is 0 Å². The van der Waals surface area contributed by atoms with Crippen molar-refractivity contribution in [2.45, 2.75) is 26.7 Å². The van der Waals surface area contributed by atoms with Crippen molar-refractivity contribution in [2.24, 2.45) is 0 Å². The largest absolute Gasteiger partial charge is 0.396 e. The summed E-state index contributed by atoms with van der Waals surface area (Å²) < 4.78 is 1.78. The van der Waals surface area contributed by atoms with Gasteiger partial charge in [-0.2, -0.15) is 5.10 Å². The van der Waals surface area contributed by atoms with Crippen molar-refractivity contribution in [3.63, 3.8) is 0 Å². The lowest BCUT2D eigenvalue weighted by Crippen LogP contribution is -2.04. The lowest BCUT2D eigenvalue weighted by atomic mass is 10.2. The molecule has 0 aromatic carbocycles. The minimum atomic E-state index is 0.714. The minimum absolute atomic E-state index is 0.714. The monoisotopic (exact) mass is 217 g/mol. The fourth-order valence-corrected chi connectivity index (χ4v) is 1.71. The van der Waals surface area contributed by atoms with E-state index in [0.29, 0.717) is 5.82 Å². The summed E-state index contributed by atoms with van der Waals surface area (Å²) in [6.07, 6.45) is 6.63. The second-order valence-electron chi connectivity index (χ2n) is 3.49. The molecule has 0 aliphatic rings. The summed E-state index contributed by atoms with van der Waals surface area (Å²) in [5.41, 5.74) is 8.72. The molecule has 2 heterocycles. The maximum atomic E-state index is 6.03. The van der Waals surface area contributed by atoms with Gasteiger partial charge in [-0.1, -0.05) is 13.8 Å². The molecule has 0 unspecified atom stereocenters. The first-order valence-corrected chi connectivity index (χ1v) is 5.40. The maximum absolute atomic E-state index is 6.03. The van der Waals surface area contributed by atoms with E-state index in [2.05, 4.69) is 22.0 Å². The van der Waals surface area contributed by atoms with Gasteiger partial charge in [-0.25, -0.2) is 9.67 Å². The molecule has 5 heteroatoms. The highest BCUT2D eigenvalue weighted by molar-refractivity contribution is 5.50. The molecule has 2 rings (SSSR count). The Morgan fingerprint density at radius 3 is 2.62 bits per heavy atom. The van der Waals surface area contributed by atoms with Gasteiger partial charge in [0, 0.05) is 12.4 Å². The second-order valence-corrected chi connectivity index (χ2v) is 3.49. The number of rotatable bonds is 3. The van der Waals surface area contributed by atoms with Gasteiger partial charge in [0.05, 0.1) is 23.3 Å². The number of nitrogens with zero attached hydrogens (tertiary/aromatic N) is 4. The van der Waals surface area contributed by atoms with Crippen LogP contribution < -0.4 is 5.73 Å². The third-order valence-electron chi connectivity index (χ3n) is 2.53. The van der Waals surface area contributed by atoms with Crippen molar-refractivity contribution in [3.05, 3.63) is 30.0 Å². The first-order chi connectivity index (χ1) is 7.77. The Morgan fingerprint density at radius 1 is 1.25 bits per heavy atom. The second kappa shape index (κ2) is 4.30. The lowest BCUT2D eigenvalue weighted by molar-refractivity contribution is 0.767. The fourth-order valence-electron chi connectivity index (χ4n) is 1.71. The number of aryl methyl sites for hydroxylation is 1. The molecular weight excluding hydrogens is 202 g/mol. The van der Waals surface area contributed by atoms with Crippen LogP contribution in [0, 0.1) is 0 Å². The molecule has 16 heavy (non-hydrogen) atoms. The summed E-state index contributed by atoms with van der Waals surface area (Å²) >= 11 is 0. The minimum Gasteiger partial charge on any atom is -0.396 e. The molecule has 0 aliphatic heterocycles. The van der Waals surface area contributed by atoms with Crippen molar-refractivity contribution < 1.29 is 0 Å². The van der Waals surface area contributed by atoms with Gasteiger partial charge in [0.2, 0.25) is 0 Å². The molecule has 0 saturated carbocycles. The standard InChI is InChI=1S/C11H15N5/c1-3-8-11(12)9(4-2)16(15-8)10-7-13-5-6-14-10/h5-7H,3-4,12H2,1-2H3. The Kier molecular flexibility index (Phi) is 2.85. The molecule has 0 saturated heterocycles. The molecular formula is C11H15N5. The Labute approximate surface area is 94.3 Å². The van der Waals surface area contributed by atoms with E-state index in [1.54, 1.807) is 23.3 Å². The summed E-state index contributed by atoms with van der Waals surface area (Å²) in [5.74, 6) is 0.714. The first-order valence-electron chi connectivity index (χ1n) is 5.40. The number of anilines is 1. The van der Waals surface area contributed by atoms with Crippen LogP contribution >= 0.6 is 0 Å². The molecule has 0 amide bonds. The highest BCUT2D eigenvalue weighted by atomic mass is 15.3. The first kappa shape index (κ1) is 10.6. The predicted molar refractivity (Wildman–Crippen MR) is 62.3 cm³/mol. The van der Waals surface area contributed by atoms with Crippen molar-refractivity contribution >= 4 is 5.69 Å². The molecule has 0 fully saturated rings. The van der Waals surface area contributed by atoms with E-state index in [-0.39, 0.29) is 0 Å². The summed E-state index contributed by atoms with van der Waals surface area (Å²) in [5, 5.41) is 4.46. The summed E-state index contributed by atoms with van der Waals surface area (Å²) in [7, 11) is 0. The van der Waals surface area contributed by atoms with E-state index in [1.807, 2.05) is 6.92 Å².